The van der Waals surface area contributed by atoms with Crippen LogP contribution in [0, 0.1) is 0 Å². The van der Waals surface area contributed by atoms with E-state index in [4.69, 9.17) is 4.74 Å². The Balaban J connectivity index is 2.05. The number of hydrogen-bond donors (Lipinski definition) is 2. The van der Waals surface area contributed by atoms with Crippen molar-refractivity contribution >= 4 is 23.2 Å². The second-order valence-corrected chi connectivity index (χ2v) is 5.33. The maximum atomic E-state index is 5.50. The van der Waals surface area contributed by atoms with E-state index >= 15 is 0 Å². The fourth-order valence-electron chi connectivity index (χ4n) is 1.50. The quantitative estimate of drug-likeness (QED) is 0.736. The minimum absolute atomic E-state index is 0.345. The second kappa shape index (κ2) is 8.35. The molecule has 0 spiro atoms. The Kier molecular flexibility index (Phi) is 6.14. The maximum absolute atomic E-state index is 5.50. The van der Waals surface area contributed by atoms with E-state index in [0.717, 1.165) is 24.3 Å². The van der Waals surface area contributed by atoms with Crippen molar-refractivity contribution in [1.29, 1.82) is 0 Å². The van der Waals surface area contributed by atoms with E-state index in [9.17, 15) is 0 Å². The van der Waals surface area contributed by atoms with Gasteiger partial charge in [-0.25, -0.2) is 0 Å². The number of hydrogen-bond acceptors (Lipinski definition) is 8. The van der Waals surface area contributed by atoms with Gasteiger partial charge < -0.3 is 15.4 Å². The number of aromatic nitrogens is 4. The van der Waals surface area contributed by atoms with Gasteiger partial charge in [0.15, 0.2) is 0 Å². The van der Waals surface area contributed by atoms with E-state index in [1.165, 1.54) is 0 Å². The molecule has 0 aliphatic rings. The molecule has 114 valence electrons. The molecular formula is C13H20N6OS. The van der Waals surface area contributed by atoms with Gasteiger partial charge in [0.05, 0.1) is 18.7 Å². The predicted molar refractivity (Wildman–Crippen MR) is 83.8 cm³/mol. The van der Waals surface area contributed by atoms with Gasteiger partial charge in [0.1, 0.15) is 0 Å². The van der Waals surface area contributed by atoms with Crippen LogP contribution >= 0.6 is 11.3 Å². The Hall–Kier alpha value is -1.96. The van der Waals surface area contributed by atoms with Crippen molar-refractivity contribution in [1.82, 2.24) is 19.9 Å². The zero-order chi connectivity index (χ0) is 14.9. The van der Waals surface area contributed by atoms with E-state index in [0.29, 0.717) is 31.1 Å². The molecule has 7 nitrogen and oxygen atoms in total. The van der Waals surface area contributed by atoms with Gasteiger partial charge in [-0.3, -0.25) is 4.98 Å². The van der Waals surface area contributed by atoms with Gasteiger partial charge in [-0.2, -0.15) is 15.0 Å². The highest BCUT2D eigenvalue weighted by molar-refractivity contribution is 7.09. The number of nitrogens with zero attached hydrogens (tertiary/aromatic N) is 4. The van der Waals surface area contributed by atoms with Crippen LogP contribution in [-0.2, 0) is 6.54 Å². The summed E-state index contributed by atoms with van der Waals surface area (Å²) < 4.78 is 5.50. The van der Waals surface area contributed by atoms with Crippen molar-refractivity contribution in [3.63, 3.8) is 0 Å². The zero-order valence-corrected chi connectivity index (χ0v) is 13.1. The summed E-state index contributed by atoms with van der Waals surface area (Å²) >= 11 is 1.59. The van der Waals surface area contributed by atoms with Crippen LogP contribution in [0.4, 0.5) is 11.9 Å². The maximum Gasteiger partial charge on any atom is 0.323 e. The molecule has 2 aromatic rings. The fraction of sp³-hybridized carbons (Fsp3) is 0.538. The molecule has 0 aliphatic carbocycles. The van der Waals surface area contributed by atoms with Gasteiger partial charge in [-0.1, -0.05) is 13.8 Å². The molecule has 0 saturated heterocycles. The molecule has 0 fully saturated rings. The third-order valence-corrected chi connectivity index (χ3v) is 3.27. The van der Waals surface area contributed by atoms with Crippen LogP contribution in [0.25, 0.3) is 0 Å². The highest BCUT2D eigenvalue weighted by Crippen LogP contribution is 2.13. The van der Waals surface area contributed by atoms with Crippen LogP contribution in [0.2, 0.25) is 0 Å². The molecule has 0 radical (unpaired) electrons. The molecular weight excluding hydrogens is 288 g/mol. The number of nitrogens with one attached hydrogen (secondary N) is 2. The normalized spacial score (nSPS) is 10.4. The van der Waals surface area contributed by atoms with Crippen LogP contribution in [0.3, 0.4) is 0 Å². The predicted octanol–water partition coefficient (Wildman–Crippen LogP) is 2.55. The van der Waals surface area contributed by atoms with Crippen LogP contribution in [-0.4, -0.2) is 33.1 Å². The molecule has 0 bridgehead atoms. The number of thiazole rings is 1. The van der Waals surface area contributed by atoms with E-state index < -0.39 is 0 Å². The first-order valence-electron chi connectivity index (χ1n) is 7.05. The number of ether oxygens (including phenoxy) is 1. The molecule has 0 unspecified atom stereocenters. The van der Waals surface area contributed by atoms with Crippen molar-refractivity contribution in [2.24, 2.45) is 0 Å². The first-order chi connectivity index (χ1) is 10.3. The van der Waals surface area contributed by atoms with Crippen LogP contribution in [0.15, 0.2) is 11.7 Å². The Bertz CT molecular complexity index is 507. The zero-order valence-electron chi connectivity index (χ0n) is 12.3. The largest absolute Gasteiger partial charge is 0.463 e. The molecule has 0 saturated carbocycles. The van der Waals surface area contributed by atoms with Gasteiger partial charge in [-0.05, 0) is 12.8 Å². The molecule has 21 heavy (non-hydrogen) atoms. The molecule has 0 amide bonds. The van der Waals surface area contributed by atoms with Crippen LogP contribution < -0.4 is 15.4 Å². The Morgan fingerprint density at radius 1 is 1.10 bits per heavy atom. The summed E-state index contributed by atoms with van der Waals surface area (Å²) in [5.41, 5.74) is 1.80. The van der Waals surface area contributed by atoms with Crippen molar-refractivity contribution in [2.45, 2.75) is 33.2 Å². The molecule has 2 heterocycles. The number of anilines is 2. The van der Waals surface area contributed by atoms with E-state index in [-0.39, 0.29) is 0 Å². The van der Waals surface area contributed by atoms with Crippen molar-refractivity contribution in [2.75, 3.05) is 23.8 Å². The van der Waals surface area contributed by atoms with E-state index in [2.05, 4.69) is 37.5 Å². The molecule has 0 aliphatic heterocycles. The third kappa shape index (κ3) is 5.14. The molecule has 2 aromatic heterocycles. The minimum atomic E-state index is 0.345. The van der Waals surface area contributed by atoms with Crippen molar-refractivity contribution < 1.29 is 4.74 Å². The fourth-order valence-corrected chi connectivity index (χ4v) is 2.04. The van der Waals surface area contributed by atoms with Gasteiger partial charge in [0.2, 0.25) is 11.9 Å². The lowest BCUT2D eigenvalue weighted by atomic mass is 10.5. The molecule has 0 atom stereocenters. The summed E-state index contributed by atoms with van der Waals surface area (Å²) in [6.45, 7) is 6.16. The highest BCUT2D eigenvalue weighted by atomic mass is 32.1. The standard InChI is InChI=1S/C13H20N6OS/c1-3-5-15-11-17-12(16-8-10-7-14-9-21-10)19-13(18-11)20-6-4-2/h7,9H,3-6,8H2,1-2H3,(H2,15,16,17,18,19). The summed E-state index contributed by atoms with van der Waals surface area (Å²) in [7, 11) is 0. The summed E-state index contributed by atoms with van der Waals surface area (Å²) in [5.74, 6) is 1.04. The SMILES string of the molecule is CCCNc1nc(NCc2cncs2)nc(OCCC)n1. The lowest BCUT2D eigenvalue weighted by Gasteiger charge is -2.09. The van der Waals surface area contributed by atoms with Gasteiger partial charge >= 0.3 is 6.01 Å². The average Bonchev–Trinajstić information content (AvgIpc) is 3.02. The van der Waals surface area contributed by atoms with Gasteiger partial charge in [-0.15, -0.1) is 11.3 Å². The first kappa shape index (κ1) is 15.4. The van der Waals surface area contributed by atoms with Crippen molar-refractivity contribution in [3.8, 4) is 6.01 Å². The molecule has 2 N–H and O–H groups in total. The highest BCUT2D eigenvalue weighted by Gasteiger charge is 2.07. The third-order valence-electron chi connectivity index (χ3n) is 2.49. The lowest BCUT2D eigenvalue weighted by molar-refractivity contribution is 0.292. The lowest BCUT2D eigenvalue weighted by Crippen LogP contribution is -2.11. The summed E-state index contributed by atoms with van der Waals surface area (Å²) in [6.07, 6.45) is 3.73. The summed E-state index contributed by atoms with van der Waals surface area (Å²) in [4.78, 5) is 18.0. The summed E-state index contributed by atoms with van der Waals surface area (Å²) in [5, 5.41) is 6.32. The van der Waals surface area contributed by atoms with Gasteiger partial charge in [0.25, 0.3) is 0 Å². The Labute approximate surface area is 128 Å². The monoisotopic (exact) mass is 308 g/mol. The van der Waals surface area contributed by atoms with E-state index in [1.54, 1.807) is 16.8 Å². The van der Waals surface area contributed by atoms with Crippen LogP contribution in [0.1, 0.15) is 31.6 Å². The second-order valence-electron chi connectivity index (χ2n) is 4.36. The van der Waals surface area contributed by atoms with Gasteiger partial charge in [0, 0.05) is 17.6 Å². The van der Waals surface area contributed by atoms with E-state index in [1.807, 2.05) is 13.1 Å². The Morgan fingerprint density at radius 3 is 2.57 bits per heavy atom. The number of rotatable bonds is 9. The Morgan fingerprint density at radius 2 is 1.90 bits per heavy atom. The van der Waals surface area contributed by atoms with Crippen LogP contribution in [0.5, 0.6) is 6.01 Å². The van der Waals surface area contributed by atoms with Crippen molar-refractivity contribution in [3.05, 3.63) is 16.6 Å². The topological polar surface area (TPSA) is 84.9 Å². The molecule has 0 aromatic carbocycles. The first-order valence-corrected chi connectivity index (χ1v) is 7.93. The average molecular weight is 308 g/mol. The molecule has 8 heteroatoms. The minimum Gasteiger partial charge on any atom is -0.463 e. The summed E-state index contributed by atoms with van der Waals surface area (Å²) in [6, 6.07) is 0.345. The molecule has 2 rings (SSSR count). The smallest absolute Gasteiger partial charge is 0.323 e.